The van der Waals surface area contributed by atoms with Crippen molar-refractivity contribution in [1.29, 1.82) is 0 Å². The fourth-order valence-electron chi connectivity index (χ4n) is 5.06. The Hall–Kier alpha value is -2.00. The molecule has 2 aromatic rings. The van der Waals surface area contributed by atoms with Crippen LogP contribution < -0.4 is 5.32 Å². The van der Waals surface area contributed by atoms with Crippen molar-refractivity contribution in [1.82, 2.24) is 5.32 Å². The summed E-state index contributed by atoms with van der Waals surface area (Å²) in [6.45, 7) is 0.882. The van der Waals surface area contributed by atoms with Gasteiger partial charge in [-0.25, -0.2) is 4.39 Å². The molecule has 148 valence electrons. The van der Waals surface area contributed by atoms with Crippen molar-refractivity contribution in [3.8, 4) is 0 Å². The van der Waals surface area contributed by atoms with Gasteiger partial charge in [-0.05, 0) is 98.7 Å². The molecule has 0 heterocycles. The molecule has 1 saturated carbocycles. The average molecular weight is 380 g/mol. The van der Waals surface area contributed by atoms with E-state index in [2.05, 4.69) is 29.6 Å². The molecule has 4 rings (SSSR count). The van der Waals surface area contributed by atoms with Gasteiger partial charge in [-0.2, -0.15) is 0 Å². The summed E-state index contributed by atoms with van der Waals surface area (Å²) < 4.78 is 12.9. The summed E-state index contributed by atoms with van der Waals surface area (Å²) >= 11 is 0. The molecule has 0 saturated heterocycles. The third-order valence-electron chi connectivity index (χ3n) is 6.83. The number of carbonyl (C=O) groups is 1. The number of halogens is 1. The van der Waals surface area contributed by atoms with Gasteiger partial charge in [0.1, 0.15) is 5.82 Å². The Morgan fingerprint density at radius 1 is 1.00 bits per heavy atom. The molecule has 0 aromatic heterocycles. The van der Waals surface area contributed by atoms with E-state index in [0.29, 0.717) is 23.4 Å². The molecule has 2 aromatic carbocycles. The highest BCUT2D eigenvalue weighted by Gasteiger charge is 2.37. The molecule has 3 heteroatoms. The standard InChI is InChI=1S/C25H30FNO/c26-22-9-7-20(8-10-22)24(28)6-3-17-27-23-12-15-25(16-13-23)14-11-19-4-1-2-5-21(19)18-25/h1-2,4-5,7-10,23,27H,3,6,11-18H2. The topological polar surface area (TPSA) is 29.1 Å². The van der Waals surface area contributed by atoms with E-state index in [9.17, 15) is 9.18 Å². The number of fused-ring (bicyclic) bond motifs is 1. The van der Waals surface area contributed by atoms with Crippen molar-refractivity contribution >= 4 is 5.78 Å². The SMILES string of the molecule is O=C(CCCNC1CCC2(CCc3ccccc3C2)CC1)c1ccc(F)cc1. The predicted octanol–water partition coefficient (Wildman–Crippen LogP) is 5.50. The molecule has 0 atom stereocenters. The van der Waals surface area contributed by atoms with E-state index in [1.54, 1.807) is 23.3 Å². The summed E-state index contributed by atoms with van der Waals surface area (Å²) in [5, 5.41) is 3.67. The van der Waals surface area contributed by atoms with Crippen molar-refractivity contribution in [2.24, 2.45) is 5.41 Å². The van der Waals surface area contributed by atoms with Crippen LogP contribution in [-0.4, -0.2) is 18.4 Å². The van der Waals surface area contributed by atoms with Gasteiger partial charge in [-0.1, -0.05) is 24.3 Å². The Labute approximate surface area is 167 Å². The molecule has 2 nitrogen and oxygen atoms in total. The Morgan fingerprint density at radius 3 is 2.46 bits per heavy atom. The first-order valence-electron chi connectivity index (χ1n) is 10.7. The summed E-state index contributed by atoms with van der Waals surface area (Å²) in [5.41, 5.74) is 4.25. The van der Waals surface area contributed by atoms with Crippen molar-refractivity contribution in [3.63, 3.8) is 0 Å². The minimum atomic E-state index is -0.297. The number of carbonyl (C=O) groups excluding carboxylic acids is 1. The summed E-state index contributed by atoms with van der Waals surface area (Å²) in [4.78, 5) is 12.2. The van der Waals surface area contributed by atoms with Crippen LogP contribution >= 0.6 is 0 Å². The van der Waals surface area contributed by atoms with Crippen LogP contribution in [0.25, 0.3) is 0 Å². The number of benzene rings is 2. The van der Waals surface area contributed by atoms with E-state index in [1.807, 2.05) is 0 Å². The van der Waals surface area contributed by atoms with Gasteiger partial charge < -0.3 is 5.32 Å². The van der Waals surface area contributed by atoms with E-state index in [4.69, 9.17) is 0 Å². The lowest BCUT2D eigenvalue weighted by Crippen LogP contribution is -2.40. The molecule has 0 radical (unpaired) electrons. The number of aryl methyl sites for hydroxylation is 1. The monoisotopic (exact) mass is 379 g/mol. The summed E-state index contributed by atoms with van der Waals surface area (Å²) in [6, 6.07) is 15.4. The van der Waals surface area contributed by atoms with Gasteiger partial charge in [0.2, 0.25) is 0 Å². The van der Waals surface area contributed by atoms with E-state index in [-0.39, 0.29) is 11.6 Å². The smallest absolute Gasteiger partial charge is 0.162 e. The zero-order valence-electron chi connectivity index (χ0n) is 16.6. The Balaban J connectivity index is 1.18. The lowest BCUT2D eigenvalue weighted by Gasteiger charge is -2.43. The first-order valence-corrected chi connectivity index (χ1v) is 10.7. The second-order valence-electron chi connectivity index (χ2n) is 8.71. The number of nitrogens with one attached hydrogen (secondary N) is 1. The fourth-order valence-corrected chi connectivity index (χ4v) is 5.06. The second kappa shape index (κ2) is 8.57. The van der Waals surface area contributed by atoms with Crippen LogP contribution in [0.15, 0.2) is 48.5 Å². The molecule has 28 heavy (non-hydrogen) atoms. The van der Waals surface area contributed by atoms with Gasteiger partial charge in [0.25, 0.3) is 0 Å². The van der Waals surface area contributed by atoms with Crippen LogP contribution in [0.5, 0.6) is 0 Å². The van der Waals surface area contributed by atoms with Crippen LogP contribution in [0, 0.1) is 11.2 Å². The molecule has 1 N–H and O–H groups in total. The molecule has 0 amide bonds. The normalized spacial score (nSPS) is 24.1. The van der Waals surface area contributed by atoms with Gasteiger partial charge in [0.15, 0.2) is 5.78 Å². The minimum absolute atomic E-state index is 0.102. The third-order valence-corrected chi connectivity index (χ3v) is 6.83. The Kier molecular flexibility index (Phi) is 5.91. The molecule has 0 bridgehead atoms. The highest BCUT2D eigenvalue weighted by Crippen LogP contribution is 2.46. The fraction of sp³-hybridized carbons (Fsp3) is 0.480. The van der Waals surface area contributed by atoms with Crippen molar-refractivity contribution in [2.45, 2.75) is 63.8 Å². The highest BCUT2D eigenvalue weighted by molar-refractivity contribution is 5.95. The maximum atomic E-state index is 12.9. The molecule has 0 unspecified atom stereocenters. The lowest BCUT2D eigenvalue weighted by molar-refractivity contribution is 0.0978. The first kappa shape index (κ1) is 19.3. The van der Waals surface area contributed by atoms with Gasteiger partial charge in [-0.3, -0.25) is 4.79 Å². The van der Waals surface area contributed by atoms with Crippen molar-refractivity contribution < 1.29 is 9.18 Å². The van der Waals surface area contributed by atoms with Crippen LogP contribution in [0.3, 0.4) is 0 Å². The molecular formula is C25H30FNO. The van der Waals surface area contributed by atoms with Gasteiger partial charge in [0.05, 0.1) is 0 Å². The number of hydrogen-bond acceptors (Lipinski definition) is 2. The molecule has 2 aliphatic rings. The van der Waals surface area contributed by atoms with Crippen molar-refractivity contribution in [2.75, 3.05) is 6.54 Å². The zero-order chi connectivity index (χ0) is 19.4. The maximum Gasteiger partial charge on any atom is 0.162 e. The largest absolute Gasteiger partial charge is 0.314 e. The number of rotatable bonds is 6. The summed E-state index contributed by atoms with van der Waals surface area (Å²) in [7, 11) is 0. The van der Waals surface area contributed by atoms with Gasteiger partial charge in [-0.15, -0.1) is 0 Å². The number of ketones is 1. The highest BCUT2D eigenvalue weighted by atomic mass is 19.1. The van der Waals surface area contributed by atoms with Crippen LogP contribution in [0.1, 0.15) is 66.4 Å². The number of Topliss-reactive ketones (excluding diaryl/α,β-unsaturated/α-hetero) is 1. The first-order chi connectivity index (χ1) is 13.6. The predicted molar refractivity (Wildman–Crippen MR) is 111 cm³/mol. The quantitative estimate of drug-likeness (QED) is 0.531. The minimum Gasteiger partial charge on any atom is -0.314 e. The Bertz CT molecular complexity index is 806. The number of hydrogen-bond donors (Lipinski definition) is 1. The zero-order valence-corrected chi connectivity index (χ0v) is 16.6. The van der Waals surface area contributed by atoms with Gasteiger partial charge in [0, 0.05) is 18.0 Å². The van der Waals surface area contributed by atoms with Crippen LogP contribution in [0.4, 0.5) is 4.39 Å². The van der Waals surface area contributed by atoms with E-state index < -0.39 is 0 Å². The molecule has 1 spiro atoms. The van der Waals surface area contributed by atoms with E-state index in [0.717, 1.165) is 13.0 Å². The van der Waals surface area contributed by atoms with Crippen LogP contribution in [-0.2, 0) is 12.8 Å². The third kappa shape index (κ3) is 4.52. The molecule has 1 fully saturated rings. The Morgan fingerprint density at radius 2 is 1.71 bits per heavy atom. The summed E-state index contributed by atoms with van der Waals surface area (Å²) in [6.07, 6.45) is 10.3. The van der Waals surface area contributed by atoms with Crippen LogP contribution in [0.2, 0.25) is 0 Å². The lowest BCUT2D eigenvalue weighted by atomic mass is 9.63. The summed E-state index contributed by atoms with van der Waals surface area (Å²) in [5.74, 6) is -0.194. The van der Waals surface area contributed by atoms with E-state index >= 15 is 0 Å². The van der Waals surface area contributed by atoms with Gasteiger partial charge >= 0.3 is 0 Å². The molecular weight excluding hydrogens is 349 g/mol. The van der Waals surface area contributed by atoms with Crippen molar-refractivity contribution in [3.05, 3.63) is 71.0 Å². The maximum absolute atomic E-state index is 12.9. The second-order valence-corrected chi connectivity index (χ2v) is 8.71. The molecule has 2 aliphatic carbocycles. The average Bonchev–Trinajstić information content (AvgIpc) is 2.73. The molecule has 0 aliphatic heterocycles. The van der Waals surface area contributed by atoms with E-state index in [1.165, 1.54) is 57.1 Å².